The first-order valence-electron chi connectivity index (χ1n) is 8.62. The van der Waals surface area contributed by atoms with Crippen molar-refractivity contribution < 1.29 is 4.39 Å². The highest BCUT2D eigenvalue weighted by Gasteiger charge is 2.18. The molecule has 26 heavy (non-hydrogen) atoms. The lowest BCUT2D eigenvalue weighted by atomic mass is 10.2. The Bertz CT molecular complexity index is 1150. The van der Waals surface area contributed by atoms with Gasteiger partial charge >= 0.3 is 0 Å². The number of halogens is 1. The summed E-state index contributed by atoms with van der Waals surface area (Å²) in [4.78, 5) is 21.1. The fourth-order valence-corrected chi connectivity index (χ4v) is 4.07. The number of nitrogens with one attached hydrogen (secondary N) is 1. The summed E-state index contributed by atoms with van der Waals surface area (Å²) in [6.07, 6.45) is 2.05. The van der Waals surface area contributed by atoms with Crippen molar-refractivity contribution in [2.45, 2.75) is 24.9 Å². The highest BCUT2D eigenvalue weighted by Crippen LogP contribution is 2.27. The van der Waals surface area contributed by atoms with Crippen LogP contribution in [0.15, 0.2) is 58.5 Å². The second-order valence-corrected chi connectivity index (χ2v) is 7.14. The first-order chi connectivity index (χ1) is 12.7. The van der Waals surface area contributed by atoms with Crippen molar-refractivity contribution in [3.8, 4) is 5.69 Å². The summed E-state index contributed by atoms with van der Waals surface area (Å²) in [6.45, 7) is 2.11. The number of rotatable bonds is 5. The summed E-state index contributed by atoms with van der Waals surface area (Å²) in [5, 5.41) is 1.42. The molecule has 2 aromatic heterocycles. The number of unbranched alkanes of at least 4 members (excludes halogenated alkanes) is 1. The molecule has 6 heteroatoms. The molecule has 4 rings (SSSR count). The predicted octanol–water partition coefficient (Wildman–Crippen LogP) is 4.90. The van der Waals surface area contributed by atoms with Crippen LogP contribution in [-0.2, 0) is 0 Å². The number of H-pyrrole nitrogens is 1. The van der Waals surface area contributed by atoms with Gasteiger partial charge in [-0.15, -0.1) is 0 Å². The Labute approximate surface area is 154 Å². The normalized spacial score (nSPS) is 11.5. The van der Waals surface area contributed by atoms with Gasteiger partial charge in [-0.2, -0.15) is 0 Å². The number of fused-ring (bicyclic) bond motifs is 3. The van der Waals surface area contributed by atoms with E-state index in [1.165, 1.54) is 22.4 Å². The van der Waals surface area contributed by atoms with Crippen molar-refractivity contribution in [3.63, 3.8) is 0 Å². The van der Waals surface area contributed by atoms with E-state index in [-0.39, 0.29) is 11.2 Å². The highest BCUT2D eigenvalue weighted by atomic mass is 32.2. The van der Waals surface area contributed by atoms with Gasteiger partial charge in [-0.1, -0.05) is 55.4 Å². The lowest BCUT2D eigenvalue weighted by Gasteiger charge is -2.12. The molecule has 0 amide bonds. The molecular weight excluding hydrogens is 349 g/mol. The van der Waals surface area contributed by atoms with E-state index in [1.807, 2.05) is 24.3 Å². The number of hydrogen-bond acceptors (Lipinski definition) is 3. The molecule has 132 valence electrons. The van der Waals surface area contributed by atoms with Crippen LogP contribution in [0.3, 0.4) is 0 Å². The molecule has 0 aliphatic heterocycles. The molecule has 0 aliphatic carbocycles. The Hall–Kier alpha value is -2.60. The molecule has 0 saturated heterocycles. The molecule has 0 atom stereocenters. The fraction of sp³-hybridized carbons (Fsp3) is 0.200. The molecule has 0 bridgehead atoms. The van der Waals surface area contributed by atoms with Crippen molar-refractivity contribution in [1.29, 1.82) is 0 Å². The van der Waals surface area contributed by atoms with E-state index in [9.17, 15) is 9.18 Å². The Morgan fingerprint density at radius 1 is 1.15 bits per heavy atom. The number of nitrogens with zero attached hydrogens (tertiary/aromatic N) is 2. The quantitative estimate of drug-likeness (QED) is 0.310. The molecule has 2 heterocycles. The van der Waals surface area contributed by atoms with E-state index in [4.69, 9.17) is 4.98 Å². The van der Waals surface area contributed by atoms with Gasteiger partial charge in [0.25, 0.3) is 5.56 Å². The first-order valence-corrected chi connectivity index (χ1v) is 9.60. The van der Waals surface area contributed by atoms with E-state index < -0.39 is 5.82 Å². The molecular formula is C20H18FN3OS. The van der Waals surface area contributed by atoms with Crippen LogP contribution in [0.2, 0.25) is 0 Å². The number of aromatic nitrogens is 3. The van der Waals surface area contributed by atoms with E-state index in [1.54, 1.807) is 18.2 Å². The first kappa shape index (κ1) is 16.8. The fourth-order valence-electron chi connectivity index (χ4n) is 2.99. The van der Waals surface area contributed by atoms with Crippen LogP contribution in [0.25, 0.3) is 27.6 Å². The van der Waals surface area contributed by atoms with Crippen LogP contribution in [0.4, 0.5) is 4.39 Å². The molecule has 0 fully saturated rings. The minimum Gasteiger partial charge on any atom is -0.349 e. The lowest BCUT2D eigenvalue weighted by Crippen LogP contribution is -2.22. The third-order valence-corrected chi connectivity index (χ3v) is 5.34. The number of aromatic amines is 1. The van der Waals surface area contributed by atoms with Gasteiger partial charge in [-0.25, -0.2) is 9.37 Å². The average Bonchev–Trinajstić information content (AvgIpc) is 3.02. The van der Waals surface area contributed by atoms with Gasteiger partial charge in [0.15, 0.2) is 5.16 Å². The zero-order chi connectivity index (χ0) is 18.1. The van der Waals surface area contributed by atoms with Gasteiger partial charge in [0.2, 0.25) is 0 Å². The highest BCUT2D eigenvalue weighted by molar-refractivity contribution is 7.99. The van der Waals surface area contributed by atoms with Crippen molar-refractivity contribution in [1.82, 2.24) is 14.5 Å². The van der Waals surface area contributed by atoms with E-state index in [0.717, 1.165) is 29.5 Å². The maximum atomic E-state index is 14.4. The Balaban J connectivity index is 2.03. The van der Waals surface area contributed by atoms with Crippen molar-refractivity contribution in [3.05, 3.63) is 64.7 Å². The molecule has 0 unspecified atom stereocenters. The van der Waals surface area contributed by atoms with E-state index in [0.29, 0.717) is 16.2 Å². The zero-order valence-electron chi connectivity index (χ0n) is 14.3. The van der Waals surface area contributed by atoms with Crippen molar-refractivity contribution in [2.24, 2.45) is 0 Å². The number of hydrogen-bond donors (Lipinski definition) is 1. The lowest BCUT2D eigenvalue weighted by molar-refractivity contribution is 0.608. The molecule has 1 N–H and O–H groups in total. The molecule has 0 spiro atoms. The van der Waals surface area contributed by atoms with Gasteiger partial charge in [-0.3, -0.25) is 9.36 Å². The SMILES string of the molecule is CCCCSc1nc2c([nH]c3ccccc32)c(=O)n1-c1ccccc1F. The Morgan fingerprint density at radius 3 is 2.73 bits per heavy atom. The second-order valence-electron chi connectivity index (χ2n) is 6.08. The average molecular weight is 367 g/mol. The molecule has 4 nitrogen and oxygen atoms in total. The summed E-state index contributed by atoms with van der Waals surface area (Å²) in [5.41, 5.74) is 1.83. The number of benzene rings is 2. The maximum absolute atomic E-state index is 14.4. The van der Waals surface area contributed by atoms with Crippen molar-refractivity contribution >= 4 is 33.7 Å². The monoisotopic (exact) mass is 367 g/mol. The van der Waals surface area contributed by atoms with Crippen LogP contribution in [0.5, 0.6) is 0 Å². The number of para-hydroxylation sites is 2. The van der Waals surface area contributed by atoms with E-state index in [2.05, 4.69) is 11.9 Å². The topological polar surface area (TPSA) is 50.7 Å². The van der Waals surface area contributed by atoms with Gasteiger partial charge < -0.3 is 4.98 Å². The van der Waals surface area contributed by atoms with Crippen LogP contribution < -0.4 is 5.56 Å². The minimum absolute atomic E-state index is 0.226. The summed E-state index contributed by atoms with van der Waals surface area (Å²) in [7, 11) is 0. The van der Waals surface area contributed by atoms with Gasteiger partial charge in [-0.05, 0) is 24.6 Å². The largest absolute Gasteiger partial charge is 0.349 e. The van der Waals surface area contributed by atoms with Crippen molar-refractivity contribution in [2.75, 3.05) is 5.75 Å². The molecule has 0 radical (unpaired) electrons. The van der Waals surface area contributed by atoms with Crippen LogP contribution >= 0.6 is 11.8 Å². The minimum atomic E-state index is -0.441. The summed E-state index contributed by atoms with van der Waals surface area (Å²) in [5.74, 6) is 0.384. The smallest absolute Gasteiger partial charge is 0.283 e. The van der Waals surface area contributed by atoms with Crippen LogP contribution in [0.1, 0.15) is 19.8 Å². The standard InChI is InChI=1S/C20H18FN3OS/c1-2-3-12-26-20-23-17-13-8-4-6-10-15(13)22-18(17)19(25)24(20)16-11-7-5-9-14(16)21/h4-11,22H,2-3,12H2,1H3. The van der Waals surface area contributed by atoms with Crippen LogP contribution in [-0.4, -0.2) is 20.3 Å². The third kappa shape index (κ3) is 2.80. The zero-order valence-corrected chi connectivity index (χ0v) is 15.1. The third-order valence-electron chi connectivity index (χ3n) is 4.32. The van der Waals surface area contributed by atoms with E-state index >= 15 is 0 Å². The molecule has 0 saturated carbocycles. The summed E-state index contributed by atoms with van der Waals surface area (Å²) in [6, 6.07) is 14.0. The van der Waals surface area contributed by atoms with Gasteiger partial charge in [0.1, 0.15) is 16.9 Å². The number of thioether (sulfide) groups is 1. The molecule has 4 aromatic rings. The molecule has 0 aliphatic rings. The Morgan fingerprint density at radius 2 is 1.92 bits per heavy atom. The van der Waals surface area contributed by atoms with Gasteiger partial charge in [0.05, 0.1) is 5.69 Å². The van der Waals surface area contributed by atoms with Gasteiger partial charge in [0, 0.05) is 16.7 Å². The summed E-state index contributed by atoms with van der Waals surface area (Å²) < 4.78 is 15.8. The maximum Gasteiger partial charge on any atom is 0.283 e. The second kappa shape index (κ2) is 6.96. The van der Waals surface area contributed by atoms with Crippen LogP contribution in [0, 0.1) is 5.82 Å². The Kier molecular flexibility index (Phi) is 4.51. The predicted molar refractivity (Wildman–Crippen MR) is 105 cm³/mol. The summed E-state index contributed by atoms with van der Waals surface area (Å²) >= 11 is 1.49. The molecule has 2 aromatic carbocycles.